The van der Waals surface area contributed by atoms with Crippen molar-refractivity contribution >= 4 is 17.7 Å². The van der Waals surface area contributed by atoms with Crippen LogP contribution < -0.4 is 0 Å². The van der Waals surface area contributed by atoms with Crippen LogP contribution in [0.4, 0.5) is 0 Å². The average molecular weight is 273 g/mol. The molecule has 0 radical (unpaired) electrons. The van der Waals surface area contributed by atoms with Crippen molar-refractivity contribution in [2.45, 2.75) is 30.6 Å². The van der Waals surface area contributed by atoms with E-state index in [1.54, 1.807) is 6.92 Å². The maximum atomic E-state index is 11.4. The Kier molecular flexibility index (Phi) is 3.90. The highest BCUT2D eigenvalue weighted by Gasteiger charge is 2.16. The predicted octanol–water partition coefficient (Wildman–Crippen LogP) is 3.86. The van der Waals surface area contributed by atoms with E-state index in [2.05, 4.69) is 4.98 Å². The van der Waals surface area contributed by atoms with Gasteiger partial charge in [-0.05, 0) is 38.5 Å². The molecule has 1 heterocycles. The van der Waals surface area contributed by atoms with E-state index in [9.17, 15) is 9.90 Å². The minimum Gasteiger partial charge on any atom is -0.478 e. The van der Waals surface area contributed by atoms with E-state index in [1.165, 1.54) is 11.8 Å². The molecule has 0 atom stereocenters. The zero-order valence-corrected chi connectivity index (χ0v) is 11.9. The van der Waals surface area contributed by atoms with Gasteiger partial charge in [0.2, 0.25) is 0 Å². The average Bonchev–Trinajstić information content (AvgIpc) is 2.30. The van der Waals surface area contributed by atoms with Crippen LogP contribution in [0, 0.1) is 20.8 Å². The lowest BCUT2D eigenvalue weighted by atomic mass is 10.2. The number of carboxylic acid groups (broad SMARTS) is 1. The van der Waals surface area contributed by atoms with E-state index < -0.39 is 5.97 Å². The molecule has 1 aromatic heterocycles. The predicted molar refractivity (Wildman–Crippen MR) is 76.0 cm³/mol. The second kappa shape index (κ2) is 5.45. The number of carboxylic acids is 1. The maximum absolute atomic E-state index is 11.4. The number of pyridine rings is 1. The zero-order chi connectivity index (χ0) is 14.0. The first kappa shape index (κ1) is 13.6. The van der Waals surface area contributed by atoms with Crippen LogP contribution in [0.25, 0.3) is 0 Å². The summed E-state index contributed by atoms with van der Waals surface area (Å²) in [6, 6.07) is 9.77. The van der Waals surface area contributed by atoms with Gasteiger partial charge in [0.15, 0.2) is 0 Å². The van der Waals surface area contributed by atoms with Gasteiger partial charge >= 0.3 is 5.97 Å². The van der Waals surface area contributed by atoms with Crippen molar-refractivity contribution in [3.8, 4) is 0 Å². The van der Waals surface area contributed by atoms with Crippen LogP contribution in [-0.2, 0) is 0 Å². The maximum Gasteiger partial charge on any atom is 0.338 e. The van der Waals surface area contributed by atoms with Gasteiger partial charge in [0.25, 0.3) is 0 Å². The second-order valence-electron chi connectivity index (χ2n) is 4.39. The highest BCUT2D eigenvalue weighted by Crippen LogP contribution is 2.33. The third-order valence-corrected chi connectivity index (χ3v) is 4.04. The molecule has 0 aliphatic heterocycles. The minimum atomic E-state index is -0.930. The Morgan fingerprint density at radius 3 is 2.47 bits per heavy atom. The molecule has 1 N–H and O–H groups in total. The first-order chi connectivity index (χ1) is 8.99. The molecular weight excluding hydrogens is 258 g/mol. The summed E-state index contributed by atoms with van der Waals surface area (Å²) in [5, 5.41) is 9.33. The standard InChI is InChI=1S/C15H15NO2S/c1-9-6-4-5-7-12(9)19-13-8-10(2)16-11(3)14(13)15(17)18/h4-8H,1-3H3,(H,17,18). The largest absolute Gasteiger partial charge is 0.478 e. The molecule has 0 saturated carbocycles. The molecule has 0 bridgehead atoms. The van der Waals surface area contributed by atoms with Crippen LogP contribution in [-0.4, -0.2) is 16.1 Å². The van der Waals surface area contributed by atoms with Gasteiger partial charge in [0, 0.05) is 15.5 Å². The summed E-state index contributed by atoms with van der Waals surface area (Å²) in [7, 11) is 0. The Bertz CT molecular complexity index is 638. The van der Waals surface area contributed by atoms with E-state index in [4.69, 9.17) is 0 Å². The van der Waals surface area contributed by atoms with E-state index in [1.807, 2.05) is 44.2 Å². The number of hydrogen-bond donors (Lipinski definition) is 1. The molecule has 4 heteroatoms. The summed E-state index contributed by atoms with van der Waals surface area (Å²) in [5.41, 5.74) is 2.82. The molecule has 0 amide bonds. The van der Waals surface area contributed by atoms with E-state index in [0.717, 1.165) is 21.0 Å². The number of nitrogens with zero attached hydrogens (tertiary/aromatic N) is 1. The Labute approximate surface area is 116 Å². The SMILES string of the molecule is Cc1cc(Sc2ccccc2C)c(C(=O)O)c(C)n1. The third-order valence-electron chi connectivity index (χ3n) is 2.82. The van der Waals surface area contributed by atoms with Gasteiger partial charge in [-0.1, -0.05) is 30.0 Å². The molecule has 0 aliphatic carbocycles. The number of aryl methyl sites for hydroxylation is 3. The first-order valence-electron chi connectivity index (χ1n) is 5.94. The highest BCUT2D eigenvalue weighted by atomic mass is 32.2. The number of carbonyl (C=O) groups is 1. The van der Waals surface area contributed by atoms with Crippen molar-refractivity contribution in [1.82, 2.24) is 4.98 Å². The third kappa shape index (κ3) is 2.96. The van der Waals surface area contributed by atoms with Gasteiger partial charge < -0.3 is 5.11 Å². The van der Waals surface area contributed by atoms with Crippen LogP contribution in [0.1, 0.15) is 27.3 Å². The van der Waals surface area contributed by atoms with Gasteiger partial charge in [0.05, 0.1) is 11.3 Å². The van der Waals surface area contributed by atoms with Crippen LogP contribution in [0.3, 0.4) is 0 Å². The summed E-state index contributed by atoms with van der Waals surface area (Å²) in [6.45, 7) is 5.63. The summed E-state index contributed by atoms with van der Waals surface area (Å²) >= 11 is 1.48. The number of aromatic nitrogens is 1. The zero-order valence-electron chi connectivity index (χ0n) is 11.1. The van der Waals surface area contributed by atoms with Gasteiger partial charge in [-0.2, -0.15) is 0 Å². The van der Waals surface area contributed by atoms with Crippen molar-refractivity contribution in [1.29, 1.82) is 0 Å². The lowest BCUT2D eigenvalue weighted by molar-refractivity contribution is 0.0691. The molecular formula is C15H15NO2S. The molecule has 98 valence electrons. The Hall–Kier alpha value is -1.81. The summed E-state index contributed by atoms with van der Waals surface area (Å²) < 4.78 is 0. The normalized spacial score (nSPS) is 10.5. The van der Waals surface area contributed by atoms with Gasteiger partial charge in [-0.25, -0.2) is 4.79 Å². The summed E-state index contributed by atoms with van der Waals surface area (Å²) in [6.07, 6.45) is 0. The Morgan fingerprint density at radius 2 is 1.84 bits per heavy atom. The summed E-state index contributed by atoms with van der Waals surface area (Å²) in [4.78, 5) is 17.4. The van der Waals surface area contributed by atoms with E-state index >= 15 is 0 Å². The molecule has 3 nitrogen and oxygen atoms in total. The quantitative estimate of drug-likeness (QED) is 0.922. The fourth-order valence-corrected chi connectivity index (χ4v) is 3.10. The number of aromatic carboxylic acids is 1. The monoisotopic (exact) mass is 273 g/mol. The molecule has 1 aromatic carbocycles. The van der Waals surface area contributed by atoms with Crippen LogP contribution >= 0.6 is 11.8 Å². The number of rotatable bonds is 3. The van der Waals surface area contributed by atoms with Crippen molar-refractivity contribution < 1.29 is 9.90 Å². The van der Waals surface area contributed by atoms with Crippen molar-refractivity contribution in [3.63, 3.8) is 0 Å². The minimum absolute atomic E-state index is 0.291. The molecule has 0 unspecified atom stereocenters. The topological polar surface area (TPSA) is 50.2 Å². The van der Waals surface area contributed by atoms with E-state index in [-0.39, 0.29) is 0 Å². The number of hydrogen-bond acceptors (Lipinski definition) is 3. The molecule has 0 saturated heterocycles. The smallest absolute Gasteiger partial charge is 0.338 e. The molecule has 2 aromatic rings. The number of benzene rings is 1. The fraction of sp³-hybridized carbons (Fsp3) is 0.200. The molecule has 0 spiro atoms. The van der Waals surface area contributed by atoms with Gasteiger partial charge in [-0.3, -0.25) is 4.98 Å². The van der Waals surface area contributed by atoms with Crippen LogP contribution in [0.2, 0.25) is 0 Å². The van der Waals surface area contributed by atoms with Gasteiger partial charge in [0.1, 0.15) is 0 Å². The highest BCUT2D eigenvalue weighted by molar-refractivity contribution is 7.99. The molecule has 19 heavy (non-hydrogen) atoms. The lowest BCUT2D eigenvalue weighted by Crippen LogP contribution is -2.05. The second-order valence-corrected chi connectivity index (χ2v) is 5.48. The Balaban J connectivity index is 2.51. The molecule has 2 rings (SSSR count). The molecule has 0 aliphatic rings. The van der Waals surface area contributed by atoms with Crippen LogP contribution in [0.5, 0.6) is 0 Å². The Morgan fingerprint density at radius 1 is 1.16 bits per heavy atom. The van der Waals surface area contributed by atoms with Crippen LogP contribution in [0.15, 0.2) is 40.1 Å². The van der Waals surface area contributed by atoms with E-state index in [0.29, 0.717) is 11.3 Å². The summed E-state index contributed by atoms with van der Waals surface area (Å²) in [5.74, 6) is -0.930. The van der Waals surface area contributed by atoms with Gasteiger partial charge in [-0.15, -0.1) is 0 Å². The first-order valence-corrected chi connectivity index (χ1v) is 6.75. The van der Waals surface area contributed by atoms with Crippen molar-refractivity contribution in [3.05, 3.63) is 52.8 Å². The van der Waals surface area contributed by atoms with Crippen molar-refractivity contribution in [2.24, 2.45) is 0 Å². The lowest BCUT2D eigenvalue weighted by Gasteiger charge is -2.11. The molecule has 0 fully saturated rings. The fourth-order valence-electron chi connectivity index (χ4n) is 1.92. The van der Waals surface area contributed by atoms with Crippen molar-refractivity contribution in [2.75, 3.05) is 0 Å².